The maximum atomic E-state index is 12.9. The third-order valence-corrected chi connectivity index (χ3v) is 4.93. The maximum Gasteiger partial charge on any atom is 0.339 e. The Hall–Kier alpha value is -4.19. The number of hydrogen-bond acceptors (Lipinski definition) is 5. The van der Waals surface area contributed by atoms with E-state index >= 15 is 0 Å². The van der Waals surface area contributed by atoms with Crippen molar-refractivity contribution in [3.8, 4) is 11.5 Å². The summed E-state index contributed by atoms with van der Waals surface area (Å²) in [5.74, 6) is -0.315. The van der Waals surface area contributed by atoms with Crippen LogP contribution in [0.15, 0.2) is 83.6 Å². The largest absolute Gasteiger partial charge is 0.463 e. The fraction of sp³-hybridized carbons (Fsp3) is 0.0417. The fourth-order valence-electron chi connectivity index (χ4n) is 3.48. The van der Waals surface area contributed by atoms with Crippen LogP contribution in [-0.2, 0) is 4.74 Å². The van der Waals surface area contributed by atoms with Gasteiger partial charge in [-0.2, -0.15) is 0 Å². The number of carbonyl (C=O) groups is 2. The highest BCUT2D eigenvalue weighted by molar-refractivity contribution is 6.10. The van der Waals surface area contributed by atoms with Crippen LogP contribution in [0.25, 0.3) is 33.3 Å². The summed E-state index contributed by atoms with van der Waals surface area (Å²) < 4.78 is 10.8. The maximum absolute atomic E-state index is 12.9. The quantitative estimate of drug-likeness (QED) is 0.333. The number of aromatic amines is 1. The lowest BCUT2D eigenvalue weighted by atomic mass is 10.1. The Morgan fingerprint density at radius 2 is 1.73 bits per heavy atom. The molecular formula is C24H16N2O4. The van der Waals surface area contributed by atoms with Crippen LogP contribution in [0.1, 0.15) is 20.7 Å². The number of rotatable bonds is 5. The second-order valence-corrected chi connectivity index (χ2v) is 6.80. The molecule has 30 heavy (non-hydrogen) atoms. The molecule has 0 saturated carbocycles. The number of ketones is 1. The van der Waals surface area contributed by atoms with Crippen LogP contribution in [0.4, 0.5) is 0 Å². The summed E-state index contributed by atoms with van der Waals surface area (Å²) in [6.07, 6.45) is 3.18. The number of aromatic nitrogens is 2. The van der Waals surface area contributed by atoms with Gasteiger partial charge in [-0.1, -0.05) is 36.4 Å². The van der Waals surface area contributed by atoms with E-state index in [0.717, 1.165) is 10.9 Å². The van der Waals surface area contributed by atoms with E-state index < -0.39 is 5.97 Å². The summed E-state index contributed by atoms with van der Waals surface area (Å²) in [7, 11) is 0. The van der Waals surface area contributed by atoms with Gasteiger partial charge in [-0.15, -0.1) is 0 Å². The summed E-state index contributed by atoms with van der Waals surface area (Å²) >= 11 is 0. The molecule has 0 radical (unpaired) electrons. The normalized spacial score (nSPS) is 11.1. The van der Waals surface area contributed by atoms with Crippen molar-refractivity contribution in [3.63, 3.8) is 0 Å². The summed E-state index contributed by atoms with van der Waals surface area (Å²) in [5, 5.41) is 1.45. The predicted octanol–water partition coefficient (Wildman–Crippen LogP) is 5.02. The fourth-order valence-corrected chi connectivity index (χ4v) is 3.48. The number of H-pyrrole nitrogens is 1. The van der Waals surface area contributed by atoms with Gasteiger partial charge in [0, 0.05) is 28.0 Å². The molecule has 146 valence electrons. The Labute approximate surface area is 171 Å². The zero-order chi connectivity index (χ0) is 20.5. The van der Waals surface area contributed by atoms with Gasteiger partial charge in [0.2, 0.25) is 5.78 Å². The molecule has 1 N–H and O–H groups in total. The number of hydrogen-bond donors (Lipinski definition) is 1. The number of furan rings is 1. The molecule has 0 aliphatic heterocycles. The van der Waals surface area contributed by atoms with Crippen molar-refractivity contribution in [1.29, 1.82) is 0 Å². The van der Waals surface area contributed by atoms with Gasteiger partial charge in [0.25, 0.3) is 0 Å². The molecule has 0 bridgehead atoms. The molecule has 0 saturated heterocycles. The first kappa shape index (κ1) is 17.9. The van der Waals surface area contributed by atoms with Crippen molar-refractivity contribution < 1.29 is 18.7 Å². The number of Topliss-reactive ketones (excluding diaryl/α,β-unsaturated/α-hetero) is 1. The number of pyridine rings is 1. The highest BCUT2D eigenvalue weighted by Gasteiger charge is 2.19. The lowest BCUT2D eigenvalue weighted by Gasteiger charge is -2.09. The number of fused-ring (bicyclic) bond motifs is 2. The second-order valence-electron chi connectivity index (χ2n) is 6.80. The number of benzene rings is 2. The molecular weight excluding hydrogens is 380 g/mol. The van der Waals surface area contributed by atoms with Crippen LogP contribution < -0.4 is 0 Å². The molecule has 3 heterocycles. The highest BCUT2D eigenvalue weighted by Crippen LogP contribution is 2.26. The van der Waals surface area contributed by atoms with Gasteiger partial charge >= 0.3 is 5.97 Å². The van der Waals surface area contributed by atoms with E-state index in [9.17, 15) is 9.59 Å². The minimum Gasteiger partial charge on any atom is -0.463 e. The van der Waals surface area contributed by atoms with E-state index in [-0.39, 0.29) is 12.4 Å². The Bertz CT molecular complexity index is 1380. The first-order chi connectivity index (χ1) is 14.7. The summed E-state index contributed by atoms with van der Waals surface area (Å²) in [5.41, 5.74) is 2.85. The van der Waals surface area contributed by atoms with E-state index in [0.29, 0.717) is 33.5 Å². The third kappa shape index (κ3) is 3.14. The van der Waals surface area contributed by atoms with E-state index in [1.54, 1.807) is 36.7 Å². The lowest BCUT2D eigenvalue weighted by molar-refractivity contribution is 0.0477. The molecule has 6 heteroatoms. The number of nitrogens with zero attached hydrogens (tertiary/aromatic N) is 1. The molecule has 3 aromatic heterocycles. The lowest BCUT2D eigenvalue weighted by Crippen LogP contribution is -2.14. The molecule has 0 fully saturated rings. The molecule has 0 aliphatic carbocycles. The van der Waals surface area contributed by atoms with Gasteiger partial charge in [0.1, 0.15) is 5.69 Å². The molecule has 0 atom stereocenters. The van der Waals surface area contributed by atoms with E-state index in [1.807, 2.05) is 42.5 Å². The molecule has 0 amide bonds. The minimum atomic E-state index is -0.588. The van der Waals surface area contributed by atoms with Crippen molar-refractivity contribution in [2.75, 3.05) is 6.61 Å². The molecule has 0 spiro atoms. The summed E-state index contributed by atoms with van der Waals surface area (Å²) in [6, 6.07) is 19.9. The van der Waals surface area contributed by atoms with Gasteiger partial charge in [0.05, 0.1) is 17.3 Å². The average Bonchev–Trinajstić information content (AvgIpc) is 3.46. The smallest absolute Gasteiger partial charge is 0.339 e. The number of esters is 1. The van der Waals surface area contributed by atoms with Gasteiger partial charge in [0.15, 0.2) is 12.4 Å². The van der Waals surface area contributed by atoms with Gasteiger partial charge in [-0.05, 0) is 30.3 Å². The first-order valence-corrected chi connectivity index (χ1v) is 9.41. The van der Waals surface area contributed by atoms with Crippen molar-refractivity contribution in [2.24, 2.45) is 0 Å². The number of nitrogens with one attached hydrogen (secondary N) is 1. The zero-order valence-electron chi connectivity index (χ0n) is 15.8. The molecule has 5 rings (SSSR count). The van der Waals surface area contributed by atoms with Crippen LogP contribution in [0.5, 0.6) is 0 Å². The Kier molecular flexibility index (Phi) is 4.37. The van der Waals surface area contributed by atoms with Crippen LogP contribution in [0.2, 0.25) is 0 Å². The van der Waals surface area contributed by atoms with Crippen molar-refractivity contribution in [3.05, 3.63) is 90.3 Å². The Morgan fingerprint density at radius 1 is 0.933 bits per heavy atom. The zero-order valence-corrected chi connectivity index (χ0v) is 15.8. The monoisotopic (exact) mass is 396 g/mol. The Morgan fingerprint density at radius 3 is 2.57 bits per heavy atom. The van der Waals surface area contributed by atoms with E-state index in [1.165, 1.54) is 0 Å². The Balaban J connectivity index is 1.44. The summed E-state index contributed by atoms with van der Waals surface area (Å²) in [4.78, 5) is 33.1. The SMILES string of the molecule is O=C(OCC(=O)c1c[nH]c2ccccc12)c1cc(-c2ccco2)nc2ccccc12. The average molecular weight is 396 g/mol. The van der Waals surface area contributed by atoms with Crippen LogP contribution in [0.3, 0.4) is 0 Å². The van der Waals surface area contributed by atoms with Crippen molar-refractivity contribution >= 4 is 33.6 Å². The predicted molar refractivity (Wildman–Crippen MR) is 112 cm³/mol. The van der Waals surface area contributed by atoms with Crippen molar-refractivity contribution in [1.82, 2.24) is 9.97 Å². The van der Waals surface area contributed by atoms with E-state index in [2.05, 4.69) is 9.97 Å². The first-order valence-electron chi connectivity index (χ1n) is 9.41. The van der Waals surface area contributed by atoms with Gasteiger partial charge in [-0.25, -0.2) is 9.78 Å². The standard InChI is InChI=1S/C24H16N2O4/c27-22(18-13-25-19-8-3-1-7-16(18)19)14-30-24(28)17-12-21(23-10-5-11-29-23)26-20-9-4-2-6-15(17)20/h1-13,25H,14H2. The van der Waals surface area contributed by atoms with Crippen molar-refractivity contribution in [2.45, 2.75) is 0 Å². The molecule has 6 nitrogen and oxygen atoms in total. The van der Waals surface area contributed by atoms with Crippen LogP contribution >= 0.6 is 0 Å². The minimum absolute atomic E-state index is 0.273. The number of ether oxygens (including phenoxy) is 1. The van der Waals surface area contributed by atoms with Crippen LogP contribution in [-0.4, -0.2) is 28.3 Å². The van der Waals surface area contributed by atoms with Gasteiger partial charge in [-0.3, -0.25) is 4.79 Å². The number of carbonyl (C=O) groups excluding carboxylic acids is 2. The third-order valence-electron chi connectivity index (χ3n) is 4.93. The van der Waals surface area contributed by atoms with Gasteiger partial charge < -0.3 is 14.1 Å². The molecule has 0 unspecified atom stereocenters. The second kappa shape index (κ2) is 7.33. The molecule has 2 aromatic carbocycles. The summed E-state index contributed by atoms with van der Waals surface area (Å²) in [6.45, 7) is -0.354. The molecule has 0 aliphatic rings. The van der Waals surface area contributed by atoms with E-state index in [4.69, 9.17) is 9.15 Å². The molecule has 5 aromatic rings. The van der Waals surface area contributed by atoms with Crippen LogP contribution in [0, 0.1) is 0 Å². The number of para-hydroxylation sites is 2. The topological polar surface area (TPSA) is 85.2 Å². The highest BCUT2D eigenvalue weighted by atomic mass is 16.5.